The van der Waals surface area contributed by atoms with Crippen LogP contribution >= 0.6 is 0 Å². The molecule has 1 aliphatic heterocycles. The minimum atomic E-state index is -4.44. The molecule has 2 bridgehead atoms. The maximum Gasteiger partial charge on any atom is 0.417 e. The highest BCUT2D eigenvalue weighted by Gasteiger charge is 2.47. The summed E-state index contributed by atoms with van der Waals surface area (Å²) >= 11 is 0. The number of hydrogen-bond acceptors (Lipinski definition) is 6. The van der Waals surface area contributed by atoms with Crippen LogP contribution in [0.4, 0.5) is 13.2 Å². The van der Waals surface area contributed by atoms with Crippen LogP contribution in [0.25, 0.3) is 10.8 Å². The van der Waals surface area contributed by atoms with E-state index in [4.69, 9.17) is 9.47 Å². The van der Waals surface area contributed by atoms with Crippen LogP contribution in [0.5, 0.6) is 11.8 Å². The number of nitrogens with zero attached hydrogens (tertiary/aromatic N) is 3. The molecule has 6 nitrogen and oxygen atoms in total. The molecule has 34 heavy (non-hydrogen) atoms. The van der Waals surface area contributed by atoms with Gasteiger partial charge in [0.15, 0.2) is 5.78 Å². The topological polar surface area (TPSA) is 64.5 Å². The lowest BCUT2D eigenvalue weighted by atomic mass is 10.0. The lowest BCUT2D eigenvalue weighted by molar-refractivity contribution is -0.137. The predicted octanol–water partition coefficient (Wildman–Crippen LogP) is 4.77. The third-order valence-corrected chi connectivity index (χ3v) is 6.54. The number of fused-ring (bicyclic) bond motifs is 3. The highest BCUT2D eigenvalue weighted by atomic mass is 19.4. The first kappa shape index (κ1) is 22.6. The van der Waals surface area contributed by atoms with Gasteiger partial charge in [-0.3, -0.25) is 9.69 Å². The molecule has 0 radical (unpaired) electrons. The van der Waals surface area contributed by atoms with Crippen LogP contribution in [0.3, 0.4) is 0 Å². The summed E-state index contributed by atoms with van der Waals surface area (Å²) in [6.45, 7) is 3.22. The summed E-state index contributed by atoms with van der Waals surface area (Å²) in [4.78, 5) is 23.8. The minimum Gasteiger partial charge on any atom is -0.477 e. The summed E-state index contributed by atoms with van der Waals surface area (Å²) in [6.07, 6.45) is -0.509. The molecule has 2 aromatic heterocycles. The highest BCUT2D eigenvalue weighted by molar-refractivity contribution is 6.10. The van der Waals surface area contributed by atoms with Gasteiger partial charge in [0, 0.05) is 36.4 Å². The average molecular weight is 471 g/mol. The van der Waals surface area contributed by atoms with Gasteiger partial charge < -0.3 is 9.47 Å². The van der Waals surface area contributed by atoms with Crippen LogP contribution in [0.15, 0.2) is 48.8 Å². The molecule has 2 aliphatic rings. The van der Waals surface area contributed by atoms with Crippen LogP contribution in [-0.2, 0) is 6.18 Å². The van der Waals surface area contributed by atoms with Gasteiger partial charge >= 0.3 is 6.18 Å². The van der Waals surface area contributed by atoms with Crippen LogP contribution in [0.1, 0.15) is 35.7 Å². The van der Waals surface area contributed by atoms with Crippen molar-refractivity contribution in [1.82, 2.24) is 14.9 Å². The van der Waals surface area contributed by atoms with Gasteiger partial charge in [0.1, 0.15) is 6.10 Å². The molecule has 1 aliphatic carbocycles. The molecular formula is C25H24F3N3O3. The highest BCUT2D eigenvalue weighted by Crippen LogP contribution is 2.40. The van der Waals surface area contributed by atoms with Gasteiger partial charge in [0.05, 0.1) is 24.3 Å². The largest absolute Gasteiger partial charge is 0.477 e. The fraction of sp³-hybridized carbons (Fsp3) is 0.400. The van der Waals surface area contributed by atoms with E-state index < -0.39 is 11.7 Å². The third-order valence-electron chi connectivity index (χ3n) is 6.54. The Morgan fingerprint density at radius 3 is 2.65 bits per heavy atom. The normalized spacial score (nSPS) is 22.3. The van der Waals surface area contributed by atoms with E-state index >= 15 is 0 Å². The van der Waals surface area contributed by atoms with Gasteiger partial charge in [-0.15, -0.1) is 0 Å². The second-order valence-corrected chi connectivity index (χ2v) is 8.76. The molecule has 1 saturated carbocycles. The van der Waals surface area contributed by atoms with Gasteiger partial charge in [-0.25, -0.2) is 9.97 Å². The number of halogens is 3. The van der Waals surface area contributed by atoms with Crippen LogP contribution in [-0.4, -0.2) is 52.5 Å². The van der Waals surface area contributed by atoms with E-state index in [0.717, 1.165) is 42.4 Å². The summed E-state index contributed by atoms with van der Waals surface area (Å²) in [7, 11) is 0. The molecular weight excluding hydrogens is 447 g/mol. The molecule has 3 unspecified atom stereocenters. The van der Waals surface area contributed by atoms with Gasteiger partial charge in [-0.1, -0.05) is 24.3 Å². The molecule has 178 valence electrons. The predicted molar refractivity (Wildman–Crippen MR) is 119 cm³/mol. The average Bonchev–Trinajstić information content (AvgIpc) is 3.38. The molecule has 1 aromatic carbocycles. The van der Waals surface area contributed by atoms with Crippen molar-refractivity contribution < 1.29 is 27.4 Å². The Labute approximate surface area is 194 Å². The van der Waals surface area contributed by atoms with Gasteiger partial charge in [-0.05, 0) is 37.1 Å². The van der Waals surface area contributed by atoms with E-state index in [1.54, 1.807) is 6.20 Å². The van der Waals surface area contributed by atoms with Crippen molar-refractivity contribution in [3.8, 4) is 11.8 Å². The smallest absolute Gasteiger partial charge is 0.417 e. The van der Waals surface area contributed by atoms with Crippen molar-refractivity contribution in [2.24, 2.45) is 5.92 Å². The first-order chi connectivity index (χ1) is 16.3. The number of alkyl halides is 3. The van der Waals surface area contributed by atoms with E-state index in [9.17, 15) is 18.0 Å². The second kappa shape index (κ2) is 8.87. The number of carbonyl (C=O) groups is 1. The van der Waals surface area contributed by atoms with Gasteiger partial charge in [0.25, 0.3) is 0 Å². The van der Waals surface area contributed by atoms with E-state index in [1.165, 1.54) is 6.07 Å². The Bertz CT molecular complexity index is 1200. The lowest BCUT2D eigenvalue weighted by Crippen LogP contribution is -2.46. The van der Waals surface area contributed by atoms with Crippen molar-refractivity contribution in [3.05, 3.63) is 59.9 Å². The molecule has 0 N–H and O–H groups in total. The molecule has 0 spiro atoms. The molecule has 3 atom stereocenters. The standard InChI is InChI=1S/C25H24F3N3O3/c1-2-33-24-23(18-6-4-3-5-16(18)11-30-24)20(32)14-31-13-15-9-19(31)21(10-15)34-22-8-7-17(12-29-22)25(26,27)28/h3-8,11-12,15,19,21H,2,9-10,13-14H2,1H3. The summed E-state index contributed by atoms with van der Waals surface area (Å²) < 4.78 is 50.0. The van der Waals surface area contributed by atoms with Crippen molar-refractivity contribution >= 4 is 16.6 Å². The van der Waals surface area contributed by atoms with E-state index in [-0.39, 0.29) is 30.4 Å². The van der Waals surface area contributed by atoms with Crippen molar-refractivity contribution in [2.75, 3.05) is 19.7 Å². The first-order valence-electron chi connectivity index (χ1n) is 11.3. The number of pyridine rings is 2. The Hall–Kier alpha value is -3.20. The number of aromatic nitrogens is 2. The molecule has 2 fully saturated rings. The molecule has 5 rings (SSSR count). The van der Waals surface area contributed by atoms with Crippen molar-refractivity contribution in [1.29, 1.82) is 0 Å². The lowest BCUT2D eigenvalue weighted by Gasteiger charge is -2.32. The van der Waals surface area contributed by atoms with E-state index in [2.05, 4.69) is 14.9 Å². The summed E-state index contributed by atoms with van der Waals surface area (Å²) in [5.41, 5.74) is -0.335. The van der Waals surface area contributed by atoms with Gasteiger partial charge in [0.2, 0.25) is 11.8 Å². The molecule has 3 aromatic rings. The summed E-state index contributed by atoms with van der Waals surface area (Å²) in [5, 5.41) is 1.67. The number of ether oxygens (including phenoxy) is 2. The molecule has 3 heterocycles. The molecule has 1 saturated heterocycles. The van der Waals surface area contributed by atoms with Gasteiger partial charge in [-0.2, -0.15) is 13.2 Å². The summed E-state index contributed by atoms with van der Waals surface area (Å²) in [6, 6.07) is 9.80. The minimum absolute atomic E-state index is 0.00322. The molecule has 9 heteroatoms. The fourth-order valence-corrected chi connectivity index (χ4v) is 5.08. The number of benzene rings is 1. The third kappa shape index (κ3) is 4.32. The van der Waals surface area contributed by atoms with Crippen LogP contribution < -0.4 is 9.47 Å². The maximum absolute atomic E-state index is 13.5. The van der Waals surface area contributed by atoms with Crippen molar-refractivity contribution in [2.45, 2.75) is 38.1 Å². The zero-order valence-electron chi connectivity index (χ0n) is 18.6. The van der Waals surface area contributed by atoms with Crippen molar-refractivity contribution in [3.63, 3.8) is 0 Å². The number of rotatable bonds is 7. The number of Topliss-reactive ketones (excluding diaryl/α,β-unsaturated/α-hetero) is 1. The van der Waals surface area contributed by atoms with E-state index in [0.29, 0.717) is 24.0 Å². The molecule has 0 amide bonds. The van der Waals surface area contributed by atoms with E-state index in [1.807, 2.05) is 31.2 Å². The number of piperidine rings is 1. The van der Waals surface area contributed by atoms with Crippen LogP contribution in [0, 0.1) is 5.92 Å². The van der Waals surface area contributed by atoms with Crippen LogP contribution in [0.2, 0.25) is 0 Å². The zero-order valence-corrected chi connectivity index (χ0v) is 18.6. The number of hydrogen-bond donors (Lipinski definition) is 0. The number of likely N-dealkylation sites (tertiary alicyclic amines) is 1. The first-order valence-corrected chi connectivity index (χ1v) is 11.3. The fourth-order valence-electron chi connectivity index (χ4n) is 5.08. The zero-order chi connectivity index (χ0) is 23.9. The number of carbonyl (C=O) groups excluding carboxylic acids is 1. The monoisotopic (exact) mass is 471 g/mol. The Kier molecular flexibility index (Phi) is 5.89. The number of ketones is 1. The maximum atomic E-state index is 13.5. The Balaban J connectivity index is 1.32. The SMILES string of the molecule is CCOc1ncc2ccccc2c1C(=O)CN1CC2CC(Oc3ccc(C(F)(F)F)cn3)C1C2. The Morgan fingerprint density at radius 2 is 1.94 bits per heavy atom. The Morgan fingerprint density at radius 1 is 1.12 bits per heavy atom. The second-order valence-electron chi connectivity index (χ2n) is 8.76. The quantitative estimate of drug-likeness (QED) is 0.463. The summed E-state index contributed by atoms with van der Waals surface area (Å²) in [5.74, 6) is 0.784.